The summed E-state index contributed by atoms with van der Waals surface area (Å²) in [6.45, 7) is -0.195. The van der Waals surface area contributed by atoms with E-state index in [0.29, 0.717) is 5.56 Å². The number of benzene rings is 1. The number of carbonyl (C=O) groups is 1. The van der Waals surface area contributed by atoms with E-state index in [-0.39, 0.29) is 16.3 Å². The van der Waals surface area contributed by atoms with Gasteiger partial charge in [-0.2, -0.15) is 0 Å². The van der Waals surface area contributed by atoms with Crippen LogP contribution in [0.5, 0.6) is 0 Å². The van der Waals surface area contributed by atoms with Gasteiger partial charge in [0.1, 0.15) is 15.3 Å². The van der Waals surface area contributed by atoms with Crippen molar-refractivity contribution in [1.29, 1.82) is 0 Å². The van der Waals surface area contributed by atoms with E-state index in [1.54, 1.807) is 29.6 Å². The number of hydrogen-bond acceptors (Lipinski definition) is 5. The van der Waals surface area contributed by atoms with Crippen molar-refractivity contribution in [3.8, 4) is 0 Å². The zero-order chi connectivity index (χ0) is 18.6. The summed E-state index contributed by atoms with van der Waals surface area (Å²) >= 11 is 1.10. The molecule has 3 rings (SSSR count). The molecule has 0 radical (unpaired) electrons. The predicted octanol–water partition coefficient (Wildman–Crippen LogP) is 3.23. The molecule has 1 unspecified atom stereocenters. The first-order valence-electron chi connectivity index (χ1n) is 7.70. The third-order valence-electron chi connectivity index (χ3n) is 3.77. The van der Waals surface area contributed by atoms with Crippen LogP contribution >= 0.6 is 11.3 Å². The molecule has 8 heteroatoms. The van der Waals surface area contributed by atoms with Gasteiger partial charge in [0, 0.05) is 18.9 Å². The van der Waals surface area contributed by atoms with Gasteiger partial charge < -0.3 is 5.32 Å². The molecule has 26 heavy (non-hydrogen) atoms. The normalized spacial score (nSPS) is 12.5. The zero-order valence-electron chi connectivity index (χ0n) is 13.5. The third kappa shape index (κ3) is 3.81. The summed E-state index contributed by atoms with van der Waals surface area (Å²) in [7, 11) is -3.73. The van der Waals surface area contributed by atoms with Crippen LogP contribution in [0.25, 0.3) is 0 Å². The van der Waals surface area contributed by atoms with Crippen LogP contribution in [0.15, 0.2) is 70.5 Å². The molecule has 2 aromatic heterocycles. The maximum Gasteiger partial charge on any atom is 0.254 e. The maximum absolute atomic E-state index is 13.8. The molecule has 0 aliphatic rings. The SMILES string of the molecule is O=C(NCC(c1cccnc1)S(=O)(=O)c1cccs1)c1ccccc1F. The second kappa shape index (κ2) is 7.76. The van der Waals surface area contributed by atoms with Gasteiger partial charge in [-0.25, -0.2) is 12.8 Å². The zero-order valence-corrected chi connectivity index (χ0v) is 15.1. The van der Waals surface area contributed by atoms with Gasteiger partial charge in [-0.1, -0.05) is 24.3 Å². The summed E-state index contributed by atoms with van der Waals surface area (Å²) in [5.41, 5.74) is 0.320. The Bertz CT molecular complexity index is 990. The largest absolute Gasteiger partial charge is 0.350 e. The lowest BCUT2D eigenvalue weighted by Crippen LogP contribution is -2.32. The third-order valence-corrected chi connectivity index (χ3v) is 7.30. The lowest BCUT2D eigenvalue weighted by atomic mass is 10.2. The molecule has 1 atom stereocenters. The first-order valence-corrected chi connectivity index (χ1v) is 10.1. The predicted molar refractivity (Wildman–Crippen MR) is 97.2 cm³/mol. The van der Waals surface area contributed by atoms with Gasteiger partial charge in [-0.05, 0) is 35.2 Å². The Balaban J connectivity index is 1.88. The number of nitrogens with one attached hydrogen (secondary N) is 1. The molecule has 0 fully saturated rings. The molecule has 2 heterocycles. The van der Waals surface area contributed by atoms with Gasteiger partial charge in [0.05, 0.1) is 5.56 Å². The summed E-state index contributed by atoms with van der Waals surface area (Å²) in [5, 5.41) is 3.17. The number of nitrogens with zero attached hydrogens (tertiary/aromatic N) is 1. The standard InChI is InChI=1S/C18H15FN2O3S2/c19-15-7-2-1-6-14(15)18(22)21-12-16(13-5-3-9-20-11-13)26(23,24)17-8-4-10-25-17/h1-11,16H,12H2,(H,21,22). The molecule has 0 saturated carbocycles. The van der Waals surface area contributed by atoms with E-state index < -0.39 is 26.8 Å². The maximum atomic E-state index is 13.8. The summed E-state index contributed by atoms with van der Waals surface area (Å²) in [4.78, 5) is 16.2. The van der Waals surface area contributed by atoms with Crippen molar-refractivity contribution in [1.82, 2.24) is 10.3 Å². The molecule has 0 aliphatic heterocycles. The molecular formula is C18H15FN2O3S2. The number of sulfone groups is 1. The minimum atomic E-state index is -3.73. The van der Waals surface area contributed by atoms with E-state index in [0.717, 1.165) is 11.3 Å². The molecule has 0 aliphatic carbocycles. The highest BCUT2D eigenvalue weighted by atomic mass is 32.2. The van der Waals surface area contributed by atoms with E-state index in [4.69, 9.17) is 0 Å². The van der Waals surface area contributed by atoms with E-state index in [2.05, 4.69) is 10.3 Å². The minimum Gasteiger partial charge on any atom is -0.350 e. The average molecular weight is 390 g/mol. The number of amides is 1. The topological polar surface area (TPSA) is 76.1 Å². The second-order valence-electron chi connectivity index (χ2n) is 5.44. The van der Waals surface area contributed by atoms with Crippen molar-refractivity contribution < 1.29 is 17.6 Å². The molecule has 134 valence electrons. The van der Waals surface area contributed by atoms with Crippen LogP contribution in [0, 0.1) is 5.82 Å². The first-order chi connectivity index (χ1) is 12.5. The Morgan fingerprint density at radius 3 is 2.62 bits per heavy atom. The van der Waals surface area contributed by atoms with Crippen LogP contribution in [0.2, 0.25) is 0 Å². The second-order valence-corrected chi connectivity index (χ2v) is 8.75. The quantitative estimate of drug-likeness (QED) is 0.701. The van der Waals surface area contributed by atoms with Gasteiger partial charge in [-0.3, -0.25) is 9.78 Å². The highest BCUT2D eigenvalue weighted by molar-refractivity contribution is 7.93. The van der Waals surface area contributed by atoms with Crippen LogP contribution in [-0.2, 0) is 9.84 Å². The van der Waals surface area contributed by atoms with Crippen LogP contribution in [0.1, 0.15) is 21.2 Å². The van der Waals surface area contributed by atoms with Crippen LogP contribution in [-0.4, -0.2) is 25.9 Å². The number of rotatable bonds is 6. The monoisotopic (exact) mass is 390 g/mol. The lowest BCUT2D eigenvalue weighted by molar-refractivity contribution is 0.0949. The molecule has 5 nitrogen and oxygen atoms in total. The Morgan fingerprint density at radius 1 is 1.15 bits per heavy atom. The van der Waals surface area contributed by atoms with Crippen LogP contribution in [0.4, 0.5) is 4.39 Å². The molecule has 1 aromatic carbocycles. The van der Waals surface area contributed by atoms with Crippen LogP contribution in [0.3, 0.4) is 0 Å². The number of carbonyl (C=O) groups excluding carboxylic acids is 1. The highest BCUT2D eigenvalue weighted by Gasteiger charge is 2.31. The molecule has 1 N–H and O–H groups in total. The lowest BCUT2D eigenvalue weighted by Gasteiger charge is -2.18. The van der Waals surface area contributed by atoms with Crippen molar-refractivity contribution >= 4 is 27.1 Å². The fourth-order valence-electron chi connectivity index (χ4n) is 2.46. The van der Waals surface area contributed by atoms with E-state index in [1.165, 1.54) is 36.7 Å². The van der Waals surface area contributed by atoms with Gasteiger partial charge in [0.25, 0.3) is 5.91 Å². The Labute approximate surface area is 154 Å². The highest BCUT2D eigenvalue weighted by Crippen LogP contribution is 2.30. The molecule has 1 amide bonds. The van der Waals surface area contributed by atoms with Crippen molar-refractivity contribution in [3.63, 3.8) is 0 Å². The van der Waals surface area contributed by atoms with E-state index in [1.807, 2.05) is 0 Å². The fourth-order valence-corrected chi connectivity index (χ4v) is 5.31. The minimum absolute atomic E-state index is 0.133. The molecule has 0 saturated heterocycles. The Morgan fingerprint density at radius 2 is 1.96 bits per heavy atom. The number of hydrogen-bond donors (Lipinski definition) is 1. The van der Waals surface area contributed by atoms with Gasteiger partial charge in [0.15, 0.2) is 9.84 Å². The van der Waals surface area contributed by atoms with Crippen molar-refractivity contribution in [2.45, 2.75) is 9.46 Å². The Hall–Kier alpha value is -2.58. The average Bonchev–Trinajstić information content (AvgIpc) is 3.18. The molecule has 3 aromatic rings. The summed E-state index contributed by atoms with van der Waals surface area (Å²) in [5.74, 6) is -1.33. The van der Waals surface area contributed by atoms with Crippen molar-refractivity contribution in [2.75, 3.05) is 6.54 Å². The van der Waals surface area contributed by atoms with Crippen molar-refractivity contribution in [2.24, 2.45) is 0 Å². The smallest absolute Gasteiger partial charge is 0.254 e. The summed E-state index contributed by atoms with van der Waals surface area (Å²) in [6, 6.07) is 12.0. The van der Waals surface area contributed by atoms with Gasteiger partial charge in [0.2, 0.25) is 0 Å². The summed E-state index contributed by atoms with van der Waals surface area (Å²) < 4.78 is 39.9. The number of aromatic nitrogens is 1. The van der Waals surface area contributed by atoms with Crippen molar-refractivity contribution in [3.05, 3.63) is 83.2 Å². The first kappa shape index (κ1) is 18.2. The van der Waals surface area contributed by atoms with Gasteiger partial charge >= 0.3 is 0 Å². The number of thiophene rings is 1. The molecule has 0 spiro atoms. The Kier molecular flexibility index (Phi) is 5.43. The number of halogens is 1. The van der Waals surface area contributed by atoms with Gasteiger partial charge in [-0.15, -0.1) is 11.3 Å². The number of pyridine rings is 1. The van der Waals surface area contributed by atoms with E-state index >= 15 is 0 Å². The van der Waals surface area contributed by atoms with E-state index in [9.17, 15) is 17.6 Å². The summed E-state index contributed by atoms with van der Waals surface area (Å²) in [6.07, 6.45) is 2.99. The molecular weight excluding hydrogens is 375 g/mol. The van der Waals surface area contributed by atoms with Crippen LogP contribution < -0.4 is 5.32 Å². The fraction of sp³-hybridized carbons (Fsp3) is 0.111. The molecule has 0 bridgehead atoms.